The summed E-state index contributed by atoms with van der Waals surface area (Å²) in [4.78, 5) is 12.7. The summed E-state index contributed by atoms with van der Waals surface area (Å²) >= 11 is 0. The molecule has 3 fully saturated rings. The molecular formula is C25H44O2. The number of esters is 1. The van der Waals surface area contributed by atoms with Gasteiger partial charge >= 0.3 is 5.97 Å². The fourth-order valence-electron chi connectivity index (χ4n) is 6.60. The molecule has 0 amide bonds. The number of carbonyl (C=O) groups is 1. The van der Waals surface area contributed by atoms with Crippen LogP contribution in [-0.2, 0) is 9.53 Å². The van der Waals surface area contributed by atoms with E-state index in [1.807, 2.05) is 0 Å². The van der Waals surface area contributed by atoms with Crippen molar-refractivity contribution in [1.29, 1.82) is 0 Å². The van der Waals surface area contributed by atoms with E-state index in [0.29, 0.717) is 0 Å². The Hall–Kier alpha value is -0.530. The van der Waals surface area contributed by atoms with E-state index in [1.165, 1.54) is 64.2 Å². The van der Waals surface area contributed by atoms with Gasteiger partial charge in [0.1, 0.15) is 6.10 Å². The molecule has 0 saturated heterocycles. The second kappa shape index (κ2) is 10.3. The number of carbonyl (C=O) groups excluding carboxylic acids is 1. The van der Waals surface area contributed by atoms with Crippen LogP contribution in [-0.4, -0.2) is 12.1 Å². The van der Waals surface area contributed by atoms with Crippen molar-refractivity contribution in [3.8, 4) is 0 Å². The lowest BCUT2D eigenvalue weighted by Gasteiger charge is -2.41. The Bertz CT molecular complexity index is 443. The molecule has 0 aromatic rings. The second-order valence-corrected chi connectivity index (χ2v) is 10.2. The van der Waals surface area contributed by atoms with E-state index in [4.69, 9.17) is 4.74 Å². The molecule has 3 aliphatic rings. The van der Waals surface area contributed by atoms with Crippen LogP contribution >= 0.6 is 0 Å². The molecule has 0 aromatic heterocycles. The minimum atomic E-state index is 0.133. The molecule has 0 bridgehead atoms. The van der Waals surface area contributed by atoms with Crippen molar-refractivity contribution < 1.29 is 9.53 Å². The van der Waals surface area contributed by atoms with Gasteiger partial charge in [-0.15, -0.1) is 0 Å². The van der Waals surface area contributed by atoms with Gasteiger partial charge in [0.2, 0.25) is 0 Å². The maximum atomic E-state index is 12.7. The predicted octanol–water partition coefficient (Wildman–Crippen LogP) is 7.16. The van der Waals surface area contributed by atoms with Crippen LogP contribution in [0.15, 0.2) is 0 Å². The van der Waals surface area contributed by atoms with Gasteiger partial charge < -0.3 is 4.74 Å². The van der Waals surface area contributed by atoms with Crippen LogP contribution in [0.5, 0.6) is 0 Å². The lowest BCUT2D eigenvalue weighted by atomic mass is 9.64. The number of hydrogen-bond acceptors (Lipinski definition) is 2. The monoisotopic (exact) mass is 376 g/mol. The standard InChI is InChI=1S/C25H44O2/c1-4-6-20-9-16-24(18(3)17-20)21-10-12-22(13-11-21)25(26)27-23-14-7-19(5-2)8-15-23/h18-24H,4-17H2,1-3H3/t18-,19?,20+,21?,22?,23?,24-/m1/s1. The fraction of sp³-hybridized carbons (Fsp3) is 0.960. The van der Waals surface area contributed by atoms with Gasteiger partial charge in [-0.25, -0.2) is 0 Å². The summed E-state index contributed by atoms with van der Waals surface area (Å²) in [5.41, 5.74) is 0. The first-order valence-corrected chi connectivity index (χ1v) is 12.3. The van der Waals surface area contributed by atoms with Crippen LogP contribution in [0.4, 0.5) is 0 Å². The maximum absolute atomic E-state index is 12.7. The molecule has 3 aliphatic carbocycles. The summed E-state index contributed by atoms with van der Waals surface area (Å²) in [5, 5.41) is 0. The largest absolute Gasteiger partial charge is 0.462 e. The molecule has 3 atom stereocenters. The molecule has 0 aromatic carbocycles. The van der Waals surface area contributed by atoms with E-state index in [0.717, 1.165) is 55.3 Å². The minimum absolute atomic E-state index is 0.133. The summed E-state index contributed by atoms with van der Waals surface area (Å²) in [6.45, 7) is 7.11. The van der Waals surface area contributed by atoms with Crippen LogP contribution in [0.25, 0.3) is 0 Å². The highest BCUT2D eigenvalue weighted by atomic mass is 16.5. The van der Waals surface area contributed by atoms with Crippen molar-refractivity contribution in [2.24, 2.45) is 35.5 Å². The van der Waals surface area contributed by atoms with Gasteiger partial charge in [0, 0.05) is 0 Å². The van der Waals surface area contributed by atoms with Crippen LogP contribution < -0.4 is 0 Å². The molecule has 27 heavy (non-hydrogen) atoms. The van der Waals surface area contributed by atoms with Crippen LogP contribution in [0.3, 0.4) is 0 Å². The third kappa shape index (κ3) is 5.73. The lowest BCUT2D eigenvalue weighted by Crippen LogP contribution is -2.34. The van der Waals surface area contributed by atoms with Crippen molar-refractivity contribution in [3.63, 3.8) is 0 Å². The Morgan fingerprint density at radius 1 is 0.852 bits per heavy atom. The molecule has 3 rings (SSSR count). The Labute approximate surface area is 168 Å². The molecule has 2 heteroatoms. The summed E-state index contributed by atoms with van der Waals surface area (Å²) in [7, 11) is 0. The predicted molar refractivity (Wildman–Crippen MR) is 112 cm³/mol. The van der Waals surface area contributed by atoms with Gasteiger partial charge in [-0.1, -0.05) is 46.5 Å². The van der Waals surface area contributed by atoms with Crippen molar-refractivity contribution in [2.75, 3.05) is 0 Å². The van der Waals surface area contributed by atoms with Crippen molar-refractivity contribution in [1.82, 2.24) is 0 Å². The first kappa shape index (κ1) is 21.2. The highest BCUT2D eigenvalue weighted by Gasteiger charge is 2.37. The Balaban J connectivity index is 1.39. The third-order valence-corrected chi connectivity index (χ3v) is 8.41. The molecule has 2 nitrogen and oxygen atoms in total. The van der Waals surface area contributed by atoms with Gasteiger partial charge in [-0.2, -0.15) is 0 Å². The Kier molecular flexibility index (Phi) is 8.09. The molecule has 0 aliphatic heterocycles. The smallest absolute Gasteiger partial charge is 0.309 e. The van der Waals surface area contributed by atoms with Crippen molar-refractivity contribution in [3.05, 3.63) is 0 Å². The zero-order valence-corrected chi connectivity index (χ0v) is 18.3. The maximum Gasteiger partial charge on any atom is 0.309 e. The average Bonchev–Trinajstić information content (AvgIpc) is 2.69. The van der Waals surface area contributed by atoms with Crippen molar-refractivity contribution in [2.45, 2.75) is 117 Å². The molecular weight excluding hydrogens is 332 g/mol. The molecule has 3 saturated carbocycles. The summed E-state index contributed by atoms with van der Waals surface area (Å²) < 4.78 is 5.93. The third-order valence-electron chi connectivity index (χ3n) is 8.41. The SMILES string of the molecule is CCC[C@H]1CC[C@@H](C2CCC(C(=O)OC3CCC(CC)CC3)CC2)[C@H](C)C1. The van der Waals surface area contributed by atoms with Crippen LogP contribution in [0.2, 0.25) is 0 Å². The van der Waals surface area contributed by atoms with Crippen LogP contribution in [0.1, 0.15) is 111 Å². The highest BCUT2D eigenvalue weighted by Crippen LogP contribution is 2.45. The van der Waals surface area contributed by atoms with E-state index >= 15 is 0 Å². The second-order valence-electron chi connectivity index (χ2n) is 10.2. The zero-order valence-electron chi connectivity index (χ0n) is 18.3. The molecule has 156 valence electrons. The molecule has 0 N–H and O–H groups in total. The molecule has 0 heterocycles. The summed E-state index contributed by atoms with van der Waals surface area (Å²) in [6.07, 6.45) is 18.0. The van der Waals surface area contributed by atoms with Gasteiger partial charge in [0.25, 0.3) is 0 Å². The van der Waals surface area contributed by atoms with E-state index < -0.39 is 0 Å². The van der Waals surface area contributed by atoms with E-state index in [2.05, 4.69) is 20.8 Å². The molecule has 0 spiro atoms. The number of rotatable bonds is 6. The molecule has 0 unspecified atom stereocenters. The van der Waals surface area contributed by atoms with Gasteiger partial charge in [-0.05, 0) is 93.8 Å². The summed E-state index contributed by atoms with van der Waals surface area (Å²) in [6, 6.07) is 0. The Morgan fingerprint density at radius 3 is 2.11 bits per heavy atom. The fourth-order valence-corrected chi connectivity index (χ4v) is 6.60. The first-order chi connectivity index (χ1) is 13.1. The first-order valence-electron chi connectivity index (χ1n) is 12.3. The van der Waals surface area contributed by atoms with Gasteiger partial charge in [0.05, 0.1) is 5.92 Å². The van der Waals surface area contributed by atoms with Crippen LogP contribution in [0, 0.1) is 35.5 Å². The van der Waals surface area contributed by atoms with E-state index in [-0.39, 0.29) is 18.0 Å². The van der Waals surface area contributed by atoms with E-state index in [9.17, 15) is 4.79 Å². The highest BCUT2D eigenvalue weighted by molar-refractivity contribution is 5.72. The quantitative estimate of drug-likeness (QED) is 0.460. The van der Waals surface area contributed by atoms with Gasteiger partial charge in [0.15, 0.2) is 0 Å². The van der Waals surface area contributed by atoms with E-state index in [1.54, 1.807) is 0 Å². The molecule has 0 radical (unpaired) electrons. The average molecular weight is 377 g/mol. The Morgan fingerprint density at radius 2 is 1.52 bits per heavy atom. The van der Waals surface area contributed by atoms with Gasteiger partial charge in [-0.3, -0.25) is 4.79 Å². The normalized spacial score (nSPS) is 40.5. The lowest BCUT2D eigenvalue weighted by molar-refractivity contribution is -0.157. The summed E-state index contributed by atoms with van der Waals surface area (Å²) in [5.74, 6) is 4.84. The minimum Gasteiger partial charge on any atom is -0.462 e. The topological polar surface area (TPSA) is 26.3 Å². The number of ether oxygens (including phenoxy) is 1. The zero-order chi connectivity index (χ0) is 19.2. The number of hydrogen-bond donors (Lipinski definition) is 0. The van der Waals surface area contributed by atoms with Crippen molar-refractivity contribution >= 4 is 5.97 Å².